The van der Waals surface area contributed by atoms with E-state index in [9.17, 15) is 4.79 Å². The van der Waals surface area contributed by atoms with E-state index in [0.717, 1.165) is 6.16 Å². The summed E-state index contributed by atoms with van der Waals surface area (Å²) in [6, 6.07) is -1.69. The maximum absolute atomic E-state index is 11.9. The molecule has 5 heteroatoms. The van der Waals surface area contributed by atoms with Gasteiger partial charge in [-0.2, -0.15) is 0 Å². The highest BCUT2D eigenvalue weighted by atomic mass is 32.4. The third kappa shape index (κ3) is 1.04. The van der Waals surface area contributed by atoms with Gasteiger partial charge in [0.15, 0.2) is 0 Å². The molecule has 3 heterocycles. The van der Waals surface area contributed by atoms with Gasteiger partial charge in [0.2, 0.25) is 6.29 Å². The smallest absolute Gasteiger partial charge is 0.317 e. The van der Waals surface area contributed by atoms with E-state index in [1.54, 1.807) is 7.11 Å². The van der Waals surface area contributed by atoms with Crippen LogP contribution < -0.4 is 0 Å². The molecule has 88 valence electrons. The van der Waals surface area contributed by atoms with Crippen LogP contribution >= 0.6 is 6.04 Å². The van der Waals surface area contributed by atoms with Crippen molar-refractivity contribution in [2.24, 2.45) is 11.3 Å². The lowest BCUT2D eigenvalue weighted by Gasteiger charge is -2.33. The quantitative estimate of drug-likeness (QED) is 0.532. The van der Waals surface area contributed by atoms with Gasteiger partial charge in [-0.05, 0) is 19.1 Å². The first-order valence-electron chi connectivity index (χ1n) is 5.44. The molecule has 16 heavy (non-hydrogen) atoms. The van der Waals surface area contributed by atoms with Crippen molar-refractivity contribution in [3.63, 3.8) is 0 Å². The monoisotopic (exact) mass is 258 g/mol. The summed E-state index contributed by atoms with van der Waals surface area (Å²) in [6.07, 6.45) is 0.585. The van der Waals surface area contributed by atoms with Gasteiger partial charge in [-0.1, -0.05) is 30.1 Å². The Hall–Kier alpha value is -0.180. The zero-order valence-corrected chi connectivity index (χ0v) is 11.3. The van der Waals surface area contributed by atoms with Crippen molar-refractivity contribution < 1.29 is 14.3 Å². The van der Waals surface area contributed by atoms with Gasteiger partial charge in [0.05, 0.1) is 5.66 Å². The van der Waals surface area contributed by atoms with Gasteiger partial charge < -0.3 is 9.47 Å². The van der Waals surface area contributed by atoms with Crippen LogP contribution in [-0.2, 0) is 26.1 Å². The lowest BCUT2D eigenvalue weighted by atomic mass is 9.73. The predicted octanol–water partition coefficient (Wildman–Crippen LogP) is 1.92. The summed E-state index contributed by atoms with van der Waals surface area (Å²) >= 11 is 5.75. The van der Waals surface area contributed by atoms with E-state index in [0.29, 0.717) is 0 Å². The molecule has 3 aliphatic heterocycles. The first-order valence-corrected chi connectivity index (χ1v) is 8.57. The van der Waals surface area contributed by atoms with Crippen molar-refractivity contribution in [3.8, 4) is 0 Å². The number of carbonyl (C=O) groups excluding carboxylic acids is 1. The molecule has 0 aromatic carbocycles. The summed E-state index contributed by atoms with van der Waals surface area (Å²) in [5, 5.41) is 0. The van der Waals surface area contributed by atoms with Crippen LogP contribution in [0.15, 0.2) is 11.4 Å². The molecule has 2 saturated heterocycles. The summed E-state index contributed by atoms with van der Waals surface area (Å²) in [5.41, 5.74) is 1.27. The maximum atomic E-state index is 11.9. The molecule has 2 fully saturated rings. The molecule has 0 aromatic heterocycles. The fourth-order valence-electron chi connectivity index (χ4n) is 3.55. The second kappa shape index (κ2) is 2.98. The number of hydrogen-bond donors (Lipinski definition) is 0. The fourth-order valence-corrected chi connectivity index (χ4v) is 9.80. The summed E-state index contributed by atoms with van der Waals surface area (Å²) in [7, 11) is 1.60. The SMILES string of the molecule is CO[C@@H]1OC(=O)C2C1C1(C)CP2(=S)C=C1C. The molecule has 5 atom stereocenters. The lowest BCUT2D eigenvalue weighted by Crippen LogP contribution is -2.36. The van der Waals surface area contributed by atoms with E-state index < -0.39 is 12.3 Å². The number of rotatable bonds is 1. The molecule has 3 aliphatic rings. The molecular weight excluding hydrogens is 243 g/mol. The normalized spacial score (nSPS) is 53.8. The fraction of sp³-hybridized carbons (Fsp3) is 0.727. The predicted molar refractivity (Wildman–Crippen MR) is 65.2 cm³/mol. The average molecular weight is 258 g/mol. The average Bonchev–Trinajstić information content (AvgIpc) is 2.72. The molecule has 0 aromatic rings. The Morgan fingerprint density at radius 2 is 2.38 bits per heavy atom. The molecular formula is C11H15O3PS. The first-order chi connectivity index (χ1) is 7.42. The second-order valence-corrected chi connectivity index (χ2v) is 10.1. The van der Waals surface area contributed by atoms with Crippen molar-refractivity contribution in [1.82, 2.24) is 0 Å². The number of carbonyl (C=O) groups is 1. The number of allylic oxidation sites excluding steroid dienone is 1. The van der Waals surface area contributed by atoms with Gasteiger partial charge in [0.1, 0.15) is 0 Å². The van der Waals surface area contributed by atoms with E-state index >= 15 is 0 Å². The summed E-state index contributed by atoms with van der Waals surface area (Å²) < 4.78 is 10.6. The van der Waals surface area contributed by atoms with E-state index in [1.807, 2.05) is 0 Å². The van der Waals surface area contributed by atoms with Crippen LogP contribution in [0.2, 0.25) is 0 Å². The van der Waals surface area contributed by atoms with Crippen LogP contribution in [0.3, 0.4) is 0 Å². The molecule has 0 spiro atoms. The Morgan fingerprint density at radius 3 is 3.00 bits per heavy atom. The van der Waals surface area contributed by atoms with Crippen LogP contribution in [-0.4, -0.2) is 31.2 Å². The standard InChI is InChI=1S/C11H15O3PS/c1-6-4-15(16)5-11(6,2)7-8(15)9(12)14-10(7)13-3/h4,7-8,10H,5H2,1-3H3/t7?,8?,10-,11?,15?/m1/s1. The van der Waals surface area contributed by atoms with Crippen molar-refractivity contribution >= 4 is 23.8 Å². The largest absolute Gasteiger partial charge is 0.435 e. The first kappa shape index (κ1) is 10.9. The van der Waals surface area contributed by atoms with Crippen molar-refractivity contribution in [2.45, 2.75) is 25.8 Å². The minimum atomic E-state index is -1.69. The Balaban J connectivity index is 2.16. The highest BCUT2D eigenvalue weighted by Gasteiger charge is 2.67. The van der Waals surface area contributed by atoms with E-state index in [4.69, 9.17) is 21.3 Å². The topological polar surface area (TPSA) is 35.5 Å². The van der Waals surface area contributed by atoms with E-state index in [1.165, 1.54) is 5.57 Å². The number of fused-ring (bicyclic) bond motifs is 5. The number of hydrogen-bond acceptors (Lipinski definition) is 4. The summed E-state index contributed by atoms with van der Waals surface area (Å²) in [4.78, 5) is 11.9. The Bertz CT molecular complexity index is 458. The summed E-state index contributed by atoms with van der Waals surface area (Å²) in [6.45, 7) is 4.32. The molecule has 3 nitrogen and oxygen atoms in total. The highest BCUT2D eigenvalue weighted by Crippen LogP contribution is 2.77. The van der Waals surface area contributed by atoms with Gasteiger partial charge in [-0.3, -0.25) is 4.79 Å². The van der Waals surface area contributed by atoms with Gasteiger partial charge in [-0.25, -0.2) is 0 Å². The number of cyclic esters (lactones) is 1. The highest BCUT2D eigenvalue weighted by molar-refractivity contribution is 8.17. The summed E-state index contributed by atoms with van der Waals surface area (Å²) in [5.74, 6) is 2.21. The maximum Gasteiger partial charge on any atom is 0.317 e. The number of esters is 1. The lowest BCUT2D eigenvalue weighted by molar-refractivity contribution is -0.164. The molecule has 0 aliphatic carbocycles. The molecule has 3 rings (SSSR count). The van der Waals surface area contributed by atoms with Crippen LogP contribution in [0.4, 0.5) is 0 Å². The molecule has 4 unspecified atom stereocenters. The Morgan fingerprint density at radius 1 is 1.69 bits per heavy atom. The molecule has 2 bridgehead atoms. The zero-order valence-electron chi connectivity index (χ0n) is 9.60. The van der Waals surface area contributed by atoms with Gasteiger partial charge >= 0.3 is 5.97 Å². The van der Waals surface area contributed by atoms with Crippen LogP contribution in [0.5, 0.6) is 0 Å². The van der Waals surface area contributed by atoms with Gasteiger partial charge in [-0.15, -0.1) is 0 Å². The van der Waals surface area contributed by atoms with Crippen LogP contribution in [0.25, 0.3) is 0 Å². The van der Waals surface area contributed by atoms with Crippen molar-refractivity contribution in [3.05, 3.63) is 11.4 Å². The molecule has 0 amide bonds. The van der Waals surface area contributed by atoms with Crippen LogP contribution in [0, 0.1) is 11.3 Å². The second-order valence-electron chi connectivity index (χ2n) is 5.25. The number of methoxy groups -OCH3 is 1. The third-order valence-electron chi connectivity index (χ3n) is 4.43. The molecule has 0 radical (unpaired) electrons. The Kier molecular flexibility index (Phi) is 2.04. The minimum absolute atomic E-state index is 0.0209. The number of ether oxygens (including phenoxy) is 2. The van der Waals surface area contributed by atoms with Crippen molar-refractivity contribution in [2.75, 3.05) is 13.3 Å². The van der Waals surface area contributed by atoms with Gasteiger partial charge in [0.25, 0.3) is 0 Å². The molecule has 0 saturated carbocycles. The third-order valence-corrected chi connectivity index (χ3v) is 9.27. The zero-order chi connectivity index (χ0) is 11.7. The molecule has 0 N–H and O–H groups in total. The Labute approximate surface area is 100 Å². The van der Waals surface area contributed by atoms with E-state index in [2.05, 4.69) is 19.7 Å². The van der Waals surface area contributed by atoms with Crippen molar-refractivity contribution in [1.29, 1.82) is 0 Å². The minimum Gasteiger partial charge on any atom is -0.435 e. The van der Waals surface area contributed by atoms with Crippen LogP contribution in [0.1, 0.15) is 13.8 Å². The van der Waals surface area contributed by atoms with Gasteiger partial charge in [0, 0.05) is 18.4 Å². The van der Waals surface area contributed by atoms with E-state index in [-0.39, 0.29) is 23.0 Å².